The molecule has 0 aliphatic rings. The monoisotopic (exact) mass is 454 g/mol. The van der Waals surface area contributed by atoms with Gasteiger partial charge in [-0.05, 0) is 32.0 Å². The van der Waals surface area contributed by atoms with Crippen molar-refractivity contribution in [3.63, 3.8) is 0 Å². The van der Waals surface area contributed by atoms with Gasteiger partial charge < -0.3 is 18.6 Å². The summed E-state index contributed by atoms with van der Waals surface area (Å²) in [6.07, 6.45) is 0. The standard InChI is InChI=1S/C19H38O6S2Si/c1-10-23-16(20)19(17(21)24-11-2,12-22-14-26-27-15(3)4)13-25-28(8,9)18(5,6)7/h15H,10-14H2,1-9H3. The third-order valence-corrected chi connectivity index (χ3v) is 11.7. The molecule has 0 saturated carbocycles. The van der Waals surface area contributed by atoms with Gasteiger partial charge in [-0.25, -0.2) is 0 Å². The highest BCUT2D eigenvalue weighted by Crippen LogP contribution is 2.38. The van der Waals surface area contributed by atoms with Crippen LogP contribution in [0, 0.1) is 5.41 Å². The molecule has 0 aliphatic carbocycles. The highest BCUT2D eigenvalue weighted by atomic mass is 33.1. The predicted octanol–water partition coefficient (Wildman–Crippen LogP) is 4.88. The van der Waals surface area contributed by atoms with Gasteiger partial charge in [-0.3, -0.25) is 9.59 Å². The van der Waals surface area contributed by atoms with Crippen molar-refractivity contribution >= 4 is 41.8 Å². The first-order valence-electron chi connectivity index (χ1n) is 9.68. The fourth-order valence-electron chi connectivity index (χ4n) is 1.83. The summed E-state index contributed by atoms with van der Waals surface area (Å²) in [4.78, 5) is 25.7. The van der Waals surface area contributed by atoms with Gasteiger partial charge in [0.1, 0.15) is 5.94 Å². The van der Waals surface area contributed by atoms with Gasteiger partial charge in [0.25, 0.3) is 0 Å². The molecule has 166 valence electrons. The van der Waals surface area contributed by atoms with Crippen LogP contribution in [-0.2, 0) is 28.2 Å². The van der Waals surface area contributed by atoms with Crippen molar-refractivity contribution in [2.24, 2.45) is 5.41 Å². The molecule has 0 bridgehead atoms. The van der Waals surface area contributed by atoms with Gasteiger partial charge in [0.2, 0.25) is 5.41 Å². The fraction of sp³-hybridized carbons (Fsp3) is 0.895. The number of ether oxygens (including phenoxy) is 3. The Kier molecular flexibility index (Phi) is 12.4. The summed E-state index contributed by atoms with van der Waals surface area (Å²) >= 11 is 0. The number of hydrogen-bond donors (Lipinski definition) is 0. The van der Waals surface area contributed by atoms with E-state index in [0.29, 0.717) is 11.2 Å². The van der Waals surface area contributed by atoms with E-state index in [9.17, 15) is 9.59 Å². The van der Waals surface area contributed by atoms with Crippen LogP contribution in [-0.4, -0.2) is 57.9 Å². The first-order valence-corrected chi connectivity index (χ1v) is 15.0. The van der Waals surface area contributed by atoms with E-state index >= 15 is 0 Å². The molecular formula is C19H38O6S2Si. The lowest BCUT2D eigenvalue weighted by molar-refractivity contribution is -0.179. The molecule has 0 aromatic heterocycles. The molecule has 0 spiro atoms. The Labute approximate surface area is 179 Å². The maximum atomic E-state index is 12.8. The van der Waals surface area contributed by atoms with Gasteiger partial charge in [0.15, 0.2) is 8.32 Å². The van der Waals surface area contributed by atoms with Crippen LogP contribution >= 0.6 is 21.6 Å². The molecule has 0 atom stereocenters. The Morgan fingerprint density at radius 3 is 1.86 bits per heavy atom. The van der Waals surface area contributed by atoms with Crippen molar-refractivity contribution < 1.29 is 28.2 Å². The van der Waals surface area contributed by atoms with E-state index in [0.717, 1.165) is 0 Å². The van der Waals surface area contributed by atoms with Crippen molar-refractivity contribution in [3.05, 3.63) is 0 Å². The number of rotatable bonds is 13. The molecule has 0 rings (SSSR count). The molecule has 0 aromatic carbocycles. The van der Waals surface area contributed by atoms with Crippen molar-refractivity contribution in [2.75, 3.05) is 32.4 Å². The largest absolute Gasteiger partial charge is 0.465 e. The van der Waals surface area contributed by atoms with Crippen molar-refractivity contribution in [3.8, 4) is 0 Å². The second kappa shape index (κ2) is 12.5. The maximum absolute atomic E-state index is 12.8. The molecule has 0 radical (unpaired) electrons. The Morgan fingerprint density at radius 2 is 1.46 bits per heavy atom. The maximum Gasteiger partial charge on any atom is 0.328 e. The third kappa shape index (κ3) is 8.65. The molecule has 0 heterocycles. The van der Waals surface area contributed by atoms with Gasteiger partial charge in [-0.15, -0.1) is 0 Å². The first-order chi connectivity index (χ1) is 12.8. The van der Waals surface area contributed by atoms with Crippen LogP contribution in [0.25, 0.3) is 0 Å². The van der Waals surface area contributed by atoms with Gasteiger partial charge in [0.05, 0.1) is 26.4 Å². The van der Waals surface area contributed by atoms with E-state index in [1.165, 1.54) is 10.8 Å². The molecule has 0 fully saturated rings. The van der Waals surface area contributed by atoms with Crippen LogP contribution in [0.1, 0.15) is 48.5 Å². The Hall–Kier alpha value is -0.223. The van der Waals surface area contributed by atoms with E-state index in [2.05, 4.69) is 47.7 Å². The highest BCUT2D eigenvalue weighted by molar-refractivity contribution is 8.76. The Balaban J connectivity index is 5.53. The van der Waals surface area contributed by atoms with Gasteiger partial charge in [0, 0.05) is 5.25 Å². The molecule has 28 heavy (non-hydrogen) atoms. The van der Waals surface area contributed by atoms with Crippen LogP contribution in [0.3, 0.4) is 0 Å². The first kappa shape index (κ1) is 27.8. The van der Waals surface area contributed by atoms with Gasteiger partial charge in [-0.2, -0.15) is 0 Å². The topological polar surface area (TPSA) is 71.1 Å². The van der Waals surface area contributed by atoms with Crippen LogP contribution in [0.2, 0.25) is 18.1 Å². The van der Waals surface area contributed by atoms with Gasteiger partial charge >= 0.3 is 11.9 Å². The van der Waals surface area contributed by atoms with Crippen molar-refractivity contribution in [1.82, 2.24) is 0 Å². The molecule has 9 heteroatoms. The number of carbonyl (C=O) groups is 2. The van der Waals surface area contributed by atoms with E-state index < -0.39 is 25.7 Å². The quantitative estimate of drug-likeness (QED) is 0.0973. The van der Waals surface area contributed by atoms with Crippen molar-refractivity contribution in [2.45, 2.75) is 71.8 Å². The van der Waals surface area contributed by atoms with Crippen LogP contribution < -0.4 is 0 Å². The van der Waals surface area contributed by atoms with Crippen LogP contribution in [0.15, 0.2) is 0 Å². The predicted molar refractivity (Wildman–Crippen MR) is 120 cm³/mol. The van der Waals surface area contributed by atoms with Gasteiger partial charge in [-0.1, -0.05) is 56.2 Å². The number of carbonyl (C=O) groups excluding carboxylic acids is 2. The summed E-state index contributed by atoms with van der Waals surface area (Å²) in [5, 5.41) is 0.391. The minimum atomic E-state index is -2.20. The lowest BCUT2D eigenvalue weighted by atomic mass is 9.90. The second-order valence-corrected chi connectivity index (χ2v) is 16.0. The molecule has 0 aromatic rings. The van der Waals surface area contributed by atoms with Crippen LogP contribution in [0.5, 0.6) is 0 Å². The summed E-state index contributed by atoms with van der Waals surface area (Å²) in [7, 11) is 1.01. The minimum Gasteiger partial charge on any atom is -0.465 e. The second-order valence-electron chi connectivity index (χ2n) is 8.30. The van der Waals surface area contributed by atoms with E-state index in [1.54, 1.807) is 24.6 Å². The molecular weight excluding hydrogens is 416 g/mol. The Bertz CT molecular complexity index is 473. The van der Waals surface area contributed by atoms with E-state index in [1.807, 2.05) is 0 Å². The third-order valence-electron chi connectivity index (χ3n) is 4.56. The molecule has 0 unspecified atom stereocenters. The number of esters is 2. The van der Waals surface area contributed by atoms with Crippen LogP contribution in [0.4, 0.5) is 0 Å². The lowest BCUT2D eigenvalue weighted by Crippen LogP contribution is -2.53. The summed E-state index contributed by atoms with van der Waals surface area (Å²) < 4.78 is 22.4. The normalized spacial score (nSPS) is 12.9. The molecule has 0 N–H and O–H groups in total. The zero-order chi connectivity index (χ0) is 22.0. The smallest absolute Gasteiger partial charge is 0.328 e. The molecule has 6 nitrogen and oxygen atoms in total. The average molecular weight is 455 g/mol. The van der Waals surface area contributed by atoms with E-state index in [4.69, 9.17) is 18.6 Å². The van der Waals surface area contributed by atoms with E-state index in [-0.39, 0.29) is 31.5 Å². The lowest BCUT2D eigenvalue weighted by Gasteiger charge is -2.39. The Morgan fingerprint density at radius 1 is 0.964 bits per heavy atom. The molecule has 0 aliphatic heterocycles. The molecule has 0 amide bonds. The summed E-state index contributed by atoms with van der Waals surface area (Å²) in [6, 6.07) is 0. The minimum absolute atomic E-state index is 0.0628. The van der Waals surface area contributed by atoms with Crippen molar-refractivity contribution in [1.29, 1.82) is 0 Å². The summed E-state index contributed by atoms with van der Waals surface area (Å²) in [5.41, 5.74) is -1.62. The number of hydrogen-bond acceptors (Lipinski definition) is 8. The summed E-state index contributed by atoms with van der Waals surface area (Å²) in [6.45, 7) is 18.1. The fourth-order valence-corrected chi connectivity index (χ4v) is 4.54. The average Bonchev–Trinajstić information content (AvgIpc) is 2.56. The SMILES string of the molecule is CCOC(=O)C(COCSSC(C)C)(CO[Si](C)(C)C(C)(C)C)C(=O)OCC. The zero-order valence-corrected chi connectivity index (χ0v) is 21.5. The zero-order valence-electron chi connectivity index (χ0n) is 18.9. The summed E-state index contributed by atoms with van der Waals surface area (Å²) in [5.74, 6) is -0.967. The molecule has 0 saturated heterocycles. The highest BCUT2D eigenvalue weighted by Gasteiger charge is 2.52.